The molecule has 0 aromatic rings. The van der Waals surface area contributed by atoms with Crippen LogP contribution in [0.25, 0.3) is 0 Å². The number of rotatable bonds is 4. The van der Waals surface area contributed by atoms with E-state index in [0.717, 1.165) is 22.6 Å². The van der Waals surface area contributed by atoms with Gasteiger partial charge in [-0.25, -0.2) is 4.79 Å². The minimum absolute atomic E-state index is 0.0827. The third-order valence-corrected chi connectivity index (χ3v) is 5.81. The molecule has 3 aliphatic rings. The Kier molecular flexibility index (Phi) is 5.17. The fraction of sp³-hybridized carbons (Fsp3) is 0.438. The molecular formula is C16H16N2O9S. The molecule has 2 heterocycles. The van der Waals surface area contributed by atoms with Gasteiger partial charge in [-0.1, -0.05) is 5.57 Å². The largest absolute Gasteiger partial charge is 0.336 e. The number of nitrogens with zero attached hydrogens (tertiary/aromatic N) is 2. The fourth-order valence-electron chi connectivity index (χ4n) is 3.15. The minimum atomic E-state index is -4.78. The molecule has 0 spiro atoms. The van der Waals surface area contributed by atoms with E-state index in [0.29, 0.717) is 25.7 Å². The van der Waals surface area contributed by atoms with Crippen LogP contribution in [0.3, 0.4) is 0 Å². The van der Waals surface area contributed by atoms with Crippen molar-refractivity contribution in [3.63, 3.8) is 0 Å². The van der Waals surface area contributed by atoms with Crippen LogP contribution < -0.4 is 0 Å². The molecule has 11 nitrogen and oxygen atoms in total. The summed E-state index contributed by atoms with van der Waals surface area (Å²) in [7, 11) is -4.78. The maximum atomic E-state index is 12.2. The van der Waals surface area contributed by atoms with Gasteiger partial charge in [0.05, 0.1) is 12.3 Å². The smallest absolute Gasteiger partial charge is 0.330 e. The van der Waals surface area contributed by atoms with Gasteiger partial charge in [-0.05, 0) is 25.7 Å². The fourth-order valence-corrected chi connectivity index (χ4v) is 3.85. The summed E-state index contributed by atoms with van der Waals surface area (Å²) in [6, 6.07) is 0. The van der Waals surface area contributed by atoms with Crippen molar-refractivity contribution in [1.82, 2.24) is 9.96 Å². The highest BCUT2D eigenvalue weighted by atomic mass is 32.2. The van der Waals surface area contributed by atoms with Crippen LogP contribution in [0.2, 0.25) is 0 Å². The van der Waals surface area contributed by atoms with E-state index in [-0.39, 0.29) is 5.06 Å². The first-order chi connectivity index (χ1) is 13.1. The molecule has 0 radical (unpaired) electrons. The third-order valence-electron chi connectivity index (χ3n) is 4.72. The van der Waals surface area contributed by atoms with Gasteiger partial charge in [0.25, 0.3) is 33.7 Å². The Bertz CT molecular complexity index is 906. The topological polar surface area (TPSA) is 155 Å². The molecule has 150 valence electrons. The summed E-state index contributed by atoms with van der Waals surface area (Å²) in [5.74, 6) is -4.75. The molecule has 2 fully saturated rings. The number of carbonyl (C=O) groups excluding carboxylic acids is 5. The van der Waals surface area contributed by atoms with Gasteiger partial charge >= 0.3 is 5.97 Å². The maximum Gasteiger partial charge on any atom is 0.336 e. The van der Waals surface area contributed by atoms with Crippen molar-refractivity contribution in [3.05, 3.63) is 23.9 Å². The van der Waals surface area contributed by atoms with E-state index in [9.17, 15) is 32.4 Å². The highest BCUT2D eigenvalue weighted by Gasteiger charge is 2.48. The Morgan fingerprint density at radius 2 is 1.68 bits per heavy atom. The van der Waals surface area contributed by atoms with Crippen molar-refractivity contribution in [2.75, 3.05) is 0 Å². The molecule has 2 aliphatic heterocycles. The second kappa shape index (κ2) is 7.28. The van der Waals surface area contributed by atoms with Gasteiger partial charge in [0.2, 0.25) is 0 Å². The molecular weight excluding hydrogens is 396 g/mol. The summed E-state index contributed by atoms with van der Waals surface area (Å²) in [4.78, 5) is 64.7. The highest BCUT2D eigenvalue weighted by Crippen LogP contribution is 2.31. The number of hydrogen-bond acceptors (Lipinski definition) is 8. The Hall–Kier alpha value is -2.86. The molecule has 0 bridgehead atoms. The first kappa shape index (κ1) is 19.9. The van der Waals surface area contributed by atoms with Gasteiger partial charge in [-0.15, -0.1) is 5.06 Å². The molecule has 0 aromatic carbocycles. The molecule has 1 N–H and O–H groups in total. The van der Waals surface area contributed by atoms with Crippen LogP contribution in [0.15, 0.2) is 23.9 Å². The number of hydroxylamine groups is 2. The second-order valence-corrected chi connectivity index (χ2v) is 8.18. The van der Waals surface area contributed by atoms with Crippen LogP contribution in [0.5, 0.6) is 0 Å². The lowest BCUT2D eigenvalue weighted by Gasteiger charge is -2.24. The van der Waals surface area contributed by atoms with Crippen LogP contribution >= 0.6 is 0 Å². The molecule has 1 saturated carbocycles. The van der Waals surface area contributed by atoms with Gasteiger partial charge in [-0.3, -0.25) is 28.6 Å². The van der Waals surface area contributed by atoms with E-state index in [1.165, 1.54) is 6.20 Å². The highest BCUT2D eigenvalue weighted by molar-refractivity contribution is 7.87. The zero-order valence-electron chi connectivity index (χ0n) is 14.4. The Balaban J connectivity index is 1.57. The first-order valence-electron chi connectivity index (χ1n) is 8.37. The predicted molar refractivity (Wildman–Crippen MR) is 88.9 cm³/mol. The van der Waals surface area contributed by atoms with Gasteiger partial charge in [0, 0.05) is 18.4 Å². The van der Waals surface area contributed by atoms with Crippen molar-refractivity contribution >= 4 is 39.7 Å². The maximum absolute atomic E-state index is 12.2. The SMILES string of the molecule is O=C(ON1C(=O)CC(S(=O)(=O)O)C1=O)C1CCC(=CN2C(=O)C=CC2=O)CC1. The van der Waals surface area contributed by atoms with Crippen LogP contribution in [0.4, 0.5) is 0 Å². The molecule has 1 aliphatic carbocycles. The van der Waals surface area contributed by atoms with E-state index in [2.05, 4.69) is 0 Å². The van der Waals surface area contributed by atoms with Gasteiger partial charge < -0.3 is 4.84 Å². The number of imide groups is 2. The Morgan fingerprint density at radius 3 is 2.18 bits per heavy atom. The van der Waals surface area contributed by atoms with E-state index >= 15 is 0 Å². The standard InChI is InChI=1S/C16H16N2O9S/c19-12-5-6-13(20)17(12)8-9-1-3-10(4-2-9)16(23)27-18-14(21)7-11(15(18)22)28(24,25)26/h5-6,8,10-11H,1-4,7H2,(H,24,25,26). The summed E-state index contributed by atoms with van der Waals surface area (Å²) in [6.07, 6.45) is 4.35. The van der Waals surface area contributed by atoms with Crippen LogP contribution in [-0.4, -0.2) is 57.8 Å². The Labute approximate surface area is 159 Å². The molecule has 28 heavy (non-hydrogen) atoms. The van der Waals surface area contributed by atoms with E-state index in [4.69, 9.17) is 9.39 Å². The lowest BCUT2D eigenvalue weighted by atomic mass is 9.86. The summed E-state index contributed by atoms with van der Waals surface area (Å²) >= 11 is 0. The lowest BCUT2D eigenvalue weighted by Crippen LogP contribution is -2.38. The quantitative estimate of drug-likeness (QED) is 0.473. The first-order valence-corrected chi connectivity index (χ1v) is 9.88. The number of allylic oxidation sites excluding steroid dienone is 1. The molecule has 1 unspecified atom stereocenters. The van der Waals surface area contributed by atoms with Crippen LogP contribution in [0.1, 0.15) is 32.1 Å². The van der Waals surface area contributed by atoms with Crippen molar-refractivity contribution in [3.8, 4) is 0 Å². The molecule has 12 heteroatoms. The van der Waals surface area contributed by atoms with Gasteiger partial charge in [0.1, 0.15) is 0 Å². The molecule has 1 atom stereocenters. The monoisotopic (exact) mass is 412 g/mol. The summed E-state index contributed by atoms with van der Waals surface area (Å²) < 4.78 is 31.2. The summed E-state index contributed by atoms with van der Waals surface area (Å²) in [5.41, 5.74) is 0.786. The van der Waals surface area contributed by atoms with E-state index < -0.39 is 57.3 Å². The van der Waals surface area contributed by atoms with E-state index in [1.54, 1.807) is 0 Å². The number of amides is 4. The Morgan fingerprint density at radius 1 is 1.11 bits per heavy atom. The number of hydrogen-bond donors (Lipinski definition) is 1. The average molecular weight is 412 g/mol. The van der Waals surface area contributed by atoms with Gasteiger partial charge in [0.15, 0.2) is 5.25 Å². The normalized spacial score (nSPS) is 25.7. The number of carbonyl (C=O) groups is 5. The van der Waals surface area contributed by atoms with Crippen molar-refractivity contribution in [2.24, 2.45) is 5.92 Å². The predicted octanol–water partition coefficient (Wildman–Crippen LogP) is -0.541. The van der Waals surface area contributed by atoms with Crippen molar-refractivity contribution in [1.29, 1.82) is 0 Å². The van der Waals surface area contributed by atoms with Crippen molar-refractivity contribution < 1.29 is 41.8 Å². The molecule has 0 aromatic heterocycles. The summed E-state index contributed by atoms with van der Waals surface area (Å²) in [5, 5.41) is -1.89. The van der Waals surface area contributed by atoms with Crippen molar-refractivity contribution in [2.45, 2.75) is 37.4 Å². The van der Waals surface area contributed by atoms with Gasteiger partial charge in [-0.2, -0.15) is 8.42 Å². The lowest BCUT2D eigenvalue weighted by molar-refractivity contribution is -0.201. The molecule has 1 saturated heterocycles. The third kappa shape index (κ3) is 3.87. The zero-order valence-corrected chi connectivity index (χ0v) is 15.3. The van der Waals surface area contributed by atoms with E-state index in [1.807, 2.05) is 0 Å². The van der Waals surface area contributed by atoms with Crippen LogP contribution in [-0.2, 0) is 38.9 Å². The summed E-state index contributed by atoms with van der Waals surface area (Å²) in [6.45, 7) is 0. The zero-order chi connectivity index (χ0) is 20.6. The molecule has 3 rings (SSSR count). The minimum Gasteiger partial charge on any atom is -0.330 e. The average Bonchev–Trinajstić information content (AvgIpc) is 3.09. The van der Waals surface area contributed by atoms with Crippen LogP contribution in [0, 0.1) is 5.92 Å². The second-order valence-electron chi connectivity index (χ2n) is 6.59. The molecule has 4 amide bonds.